The molecule has 1 N–H and O–H groups in total. The average molecular weight is 226 g/mol. The fourth-order valence-electron chi connectivity index (χ4n) is 1.50. The van der Waals surface area contributed by atoms with Crippen LogP contribution in [0.15, 0.2) is 6.33 Å². The Bertz CT molecular complexity index is 275. The average Bonchev–Trinajstić information content (AvgIpc) is 2.73. The predicted octanol–water partition coefficient (Wildman–Crippen LogP) is 1.20. The molecule has 0 amide bonds. The Labute approximate surface area is 97.2 Å². The van der Waals surface area contributed by atoms with Gasteiger partial charge in [0.05, 0.1) is 6.54 Å². The molecule has 0 bridgehead atoms. The predicted molar refractivity (Wildman–Crippen MR) is 63.1 cm³/mol. The van der Waals surface area contributed by atoms with Crippen LogP contribution in [0.25, 0.3) is 0 Å². The number of nitrogens with one attached hydrogen (secondary N) is 1. The molecule has 92 valence electrons. The zero-order valence-electron chi connectivity index (χ0n) is 10.3. The summed E-state index contributed by atoms with van der Waals surface area (Å²) in [6.07, 6.45) is 4.91. The van der Waals surface area contributed by atoms with Crippen LogP contribution in [0.2, 0.25) is 0 Å². The Kier molecular flexibility index (Phi) is 6.76. The van der Waals surface area contributed by atoms with E-state index in [0.717, 1.165) is 51.3 Å². The molecule has 0 radical (unpaired) electrons. The van der Waals surface area contributed by atoms with Gasteiger partial charge in [-0.3, -0.25) is 0 Å². The molecule has 0 aromatic carbocycles. The highest BCUT2D eigenvalue weighted by Gasteiger charge is 2.02. The fraction of sp³-hybridized carbons (Fsp3) is 0.818. The molecule has 5 nitrogen and oxygen atoms in total. The van der Waals surface area contributed by atoms with Crippen LogP contribution < -0.4 is 5.32 Å². The van der Waals surface area contributed by atoms with Gasteiger partial charge in [0.25, 0.3) is 0 Å². The van der Waals surface area contributed by atoms with Gasteiger partial charge in [0.1, 0.15) is 12.2 Å². The van der Waals surface area contributed by atoms with E-state index in [2.05, 4.69) is 22.3 Å². The van der Waals surface area contributed by atoms with E-state index in [1.54, 1.807) is 13.4 Å². The van der Waals surface area contributed by atoms with Crippen molar-refractivity contribution in [1.82, 2.24) is 20.1 Å². The third kappa shape index (κ3) is 4.72. The third-order valence-electron chi connectivity index (χ3n) is 2.37. The molecule has 1 aromatic rings. The maximum Gasteiger partial charge on any atom is 0.140 e. The Morgan fingerprint density at radius 2 is 2.31 bits per heavy atom. The number of unbranched alkanes of at least 4 members (excludes halogenated alkanes) is 1. The SMILES string of the molecule is CCCNCc1ncnn1CCCCOC. The van der Waals surface area contributed by atoms with E-state index in [9.17, 15) is 0 Å². The highest BCUT2D eigenvalue weighted by Crippen LogP contribution is 1.98. The van der Waals surface area contributed by atoms with E-state index in [0.29, 0.717) is 0 Å². The zero-order valence-corrected chi connectivity index (χ0v) is 10.3. The summed E-state index contributed by atoms with van der Waals surface area (Å²) in [5.41, 5.74) is 0. The molecule has 5 heteroatoms. The van der Waals surface area contributed by atoms with Gasteiger partial charge in [0.2, 0.25) is 0 Å². The highest BCUT2D eigenvalue weighted by atomic mass is 16.5. The van der Waals surface area contributed by atoms with Crippen molar-refractivity contribution in [3.8, 4) is 0 Å². The van der Waals surface area contributed by atoms with Gasteiger partial charge in [-0.1, -0.05) is 6.92 Å². The molecule has 0 aliphatic heterocycles. The Balaban J connectivity index is 2.26. The summed E-state index contributed by atoms with van der Waals surface area (Å²) >= 11 is 0. The smallest absolute Gasteiger partial charge is 0.140 e. The molecule has 0 saturated heterocycles. The summed E-state index contributed by atoms with van der Waals surface area (Å²) in [5.74, 6) is 1.02. The first-order chi connectivity index (χ1) is 7.88. The van der Waals surface area contributed by atoms with E-state index >= 15 is 0 Å². The summed E-state index contributed by atoms with van der Waals surface area (Å²) in [6.45, 7) is 5.72. The molecule has 1 aromatic heterocycles. The van der Waals surface area contributed by atoms with Gasteiger partial charge >= 0.3 is 0 Å². The largest absolute Gasteiger partial charge is 0.385 e. The van der Waals surface area contributed by atoms with Gasteiger partial charge in [-0.05, 0) is 25.8 Å². The van der Waals surface area contributed by atoms with Crippen LogP contribution in [0.3, 0.4) is 0 Å². The number of rotatable bonds is 9. The second kappa shape index (κ2) is 8.24. The van der Waals surface area contributed by atoms with E-state index in [4.69, 9.17) is 4.74 Å². The lowest BCUT2D eigenvalue weighted by molar-refractivity contribution is 0.190. The number of aryl methyl sites for hydroxylation is 1. The number of methoxy groups -OCH3 is 1. The van der Waals surface area contributed by atoms with Gasteiger partial charge in [0.15, 0.2) is 0 Å². The maximum atomic E-state index is 5.01. The second-order valence-electron chi connectivity index (χ2n) is 3.78. The van der Waals surface area contributed by atoms with Crippen molar-refractivity contribution in [2.45, 2.75) is 39.3 Å². The van der Waals surface area contributed by atoms with Gasteiger partial charge in [-0.2, -0.15) is 5.10 Å². The molecular weight excluding hydrogens is 204 g/mol. The minimum Gasteiger partial charge on any atom is -0.385 e. The molecule has 0 fully saturated rings. The lowest BCUT2D eigenvalue weighted by atomic mass is 10.3. The fourth-order valence-corrected chi connectivity index (χ4v) is 1.50. The first-order valence-corrected chi connectivity index (χ1v) is 5.94. The number of nitrogens with zero attached hydrogens (tertiary/aromatic N) is 3. The van der Waals surface area contributed by atoms with Crippen molar-refractivity contribution < 1.29 is 4.74 Å². The number of aromatic nitrogens is 3. The second-order valence-corrected chi connectivity index (χ2v) is 3.78. The highest BCUT2D eigenvalue weighted by molar-refractivity contribution is 4.83. The van der Waals surface area contributed by atoms with Gasteiger partial charge in [0, 0.05) is 20.3 Å². The third-order valence-corrected chi connectivity index (χ3v) is 2.37. The van der Waals surface area contributed by atoms with Crippen molar-refractivity contribution in [2.24, 2.45) is 0 Å². The zero-order chi connectivity index (χ0) is 11.6. The van der Waals surface area contributed by atoms with Crippen molar-refractivity contribution in [3.63, 3.8) is 0 Å². The molecule has 0 saturated carbocycles. The molecular formula is C11H22N4O. The summed E-state index contributed by atoms with van der Waals surface area (Å²) < 4.78 is 6.98. The first kappa shape index (κ1) is 13.1. The topological polar surface area (TPSA) is 52.0 Å². The van der Waals surface area contributed by atoms with Crippen LogP contribution in [0, 0.1) is 0 Å². The normalized spacial score (nSPS) is 10.9. The van der Waals surface area contributed by atoms with Gasteiger partial charge in [-0.15, -0.1) is 0 Å². The maximum absolute atomic E-state index is 5.01. The van der Waals surface area contributed by atoms with Gasteiger partial charge in [-0.25, -0.2) is 9.67 Å². The summed E-state index contributed by atoms with van der Waals surface area (Å²) in [6, 6.07) is 0. The molecule has 1 rings (SSSR count). The molecule has 0 atom stereocenters. The molecule has 0 aliphatic carbocycles. The van der Waals surface area contributed by atoms with Crippen molar-refractivity contribution >= 4 is 0 Å². The Morgan fingerprint density at radius 3 is 3.06 bits per heavy atom. The number of ether oxygens (including phenoxy) is 1. The molecule has 16 heavy (non-hydrogen) atoms. The lowest BCUT2D eigenvalue weighted by Crippen LogP contribution is -2.18. The van der Waals surface area contributed by atoms with E-state index in [-0.39, 0.29) is 0 Å². The van der Waals surface area contributed by atoms with Crippen molar-refractivity contribution in [2.75, 3.05) is 20.3 Å². The molecule has 0 spiro atoms. The summed E-state index contributed by atoms with van der Waals surface area (Å²) in [4.78, 5) is 4.24. The van der Waals surface area contributed by atoms with Crippen LogP contribution in [0.1, 0.15) is 32.0 Å². The Morgan fingerprint density at radius 1 is 1.44 bits per heavy atom. The Hall–Kier alpha value is -0.940. The monoisotopic (exact) mass is 226 g/mol. The summed E-state index contributed by atoms with van der Waals surface area (Å²) in [5, 5.41) is 7.55. The van der Waals surface area contributed by atoms with Crippen LogP contribution >= 0.6 is 0 Å². The number of hydrogen-bond donors (Lipinski definition) is 1. The minimum atomic E-state index is 0.804. The molecule has 0 aliphatic rings. The van der Waals surface area contributed by atoms with E-state index < -0.39 is 0 Å². The van der Waals surface area contributed by atoms with E-state index in [1.807, 2.05) is 4.68 Å². The van der Waals surface area contributed by atoms with Crippen molar-refractivity contribution in [1.29, 1.82) is 0 Å². The first-order valence-electron chi connectivity index (χ1n) is 5.94. The standard InChI is InChI=1S/C11H22N4O/c1-3-6-12-9-11-13-10-14-15(11)7-4-5-8-16-2/h10,12H,3-9H2,1-2H3. The molecule has 0 unspecified atom stereocenters. The summed E-state index contributed by atoms with van der Waals surface area (Å²) in [7, 11) is 1.73. The van der Waals surface area contributed by atoms with Crippen molar-refractivity contribution in [3.05, 3.63) is 12.2 Å². The van der Waals surface area contributed by atoms with Gasteiger partial charge < -0.3 is 10.1 Å². The lowest BCUT2D eigenvalue weighted by Gasteiger charge is -2.06. The minimum absolute atomic E-state index is 0.804. The van der Waals surface area contributed by atoms with Crippen LogP contribution in [-0.4, -0.2) is 35.0 Å². The quantitative estimate of drug-likeness (QED) is 0.643. The molecule has 1 heterocycles. The number of hydrogen-bond acceptors (Lipinski definition) is 4. The van der Waals surface area contributed by atoms with E-state index in [1.165, 1.54) is 0 Å². The van der Waals surface area contributed by atoms with Crippen LogP contribution in [-0.2, 0) is 17.8 Å². The van der Waals surface area contributed by atoms with Crippen LogP contribution in [0.4, 0.5) is 0 Å². The van der Waals surface area contributed by atoms with Crippen LogP contribution in [0.5, 0.6) is 0 Å².